The van der Waals surface area contributed by atoms with Crippen LogP contribution in [0, 0.1) is 29.1 Å². The molecule has 3 fully saturated rings. The number of carbonyl (C=O) groups is 4. The normalized spacial score (nSPS) is 34.7. The van der Waals surface area contributed by atoms with Gasteiger partial charge in [0.2, 0.25) is 5.91 Å². The van der Waals surface area contributed by atoms with E-state index < -0.39 is 64.3 Å². The molecule has 0 aromatic heterocycles. The third-order valence-electron chi connectivity index (χ3n) is 9.01. The summed E-state index contributed by atoms with van der Waals surface area (Å²) in [4.78, 5) is 56.9. The highest BCUT2D eigenvalue weighted by Crippen LogP contribution is 2.53. The lowest BCUT2D eigenvalue weighted by atomic mass is 9.52. The first-order chi connectivity index (χ1) is 17.8. The summed E-state index contributed by atoms with van der Waals surface area (Å²) < 4.78 is 0. The number of benzene rings is 1. The maximum Gasteiger partial charge on any atom is 0.233 e. The maximum absolute atomic E-state index is 14.0. The van der Waals surface area contributed by atoms with Crippen LogP contribution in [0.5, 0.6) is 5.75 Å². The molecule has 2 saturated carbocycles. The van der Waals surface area contributed by atoms with E-state index >= 15 is 0 Å². The van der Waals surface area contributed by atoms with Crippen LogP contribution in [-0.4, -0.2) is 90.5 Å². The second-order valence-electron chi connectivity index (χ2n) is 11.6. The average Bonchev–Trinajstić information content (AvgIpc) is 3.35. The van der Waals surface area contributed by atoms with E-state index in [9.17, 15) is 29.4 Å². The van der Waals surface area contributed by atoms with Gasteiger partial charge in [-0.15, -0.1) is 0 Å². The summed E-state index contributed by atoms with van der Waals surface area (Å²) in [6, 6.07) is 0.575. The fourth-order valence-corrected chi connectivity index (χ4v) is 7.49. The number of nitrogens with zero attached hydrogens (tertiary/aromatic N) is 2. The molecule has 11 heteroatoms. The monoisotopic (exact) mass is 525 g/mol. The molecule has 6 N–H and O–H groups in total. The molecule has 5 rings (SSSR count). The number of anilines is 1. The number of ketones is 3. The minimum Gasteiger partial charge on any atom is -0.507 e. The van der Waals surface area contributed by atoms with Gasteiger partial charge in [-0.25, -0.2) is 0 Å². The van der Waals surface area contributed by atoms with Crippen LogP contribution in [0.2, 0.25) is 0 Å². The Bertz CT molecular complexity index is 1270. The van der Waals surface area contributed by atoms with Crippen LogP contribution >= 0.6 is 0 Å². The van der Waals surface area contributed by atoms with Crippen molar-refractivity contribution in [3.05, 3.63) is 22.8 Å². The molecule has 1 aromatic rings. The number of primary amides is 1. The average molecular weight is 526 g/mol. The SMILES string of the molecule is CN(C)c1c(C2CCCN2)cc(O)c2c1CC1CC3C(N(C)C)C(=O)C(C(N)=O)C(=N)C3(O)C(=O)C1C2=O. The summed E-state index contributed by atoms with van der Waals surface area (Å²) in [7, 11) is 6.97. The third kappa shape index (κ3) is 3.48. The Hall–Kier alpha value is -3.15. The summed E-state index contributed by atoms with van der Waals surface area (Å²) in [6.07, 6.45) is 2.28. The molecule has 1 heterocycles. The number of carbonyl (C=O) groups excluding carboxylic acids is 4. The number of hydrogen-bond acceptors (Lipinski definition) is 10. The zero-order valence-electron chi connectivity index (χ0n) is 22.1. The zero-order valence-corrected chi connectivity index (χ0v) is 22.1. The summed E-state index contributed by atoms with van der Waals surface area (Å²) in [5.41, 5.74) is 4.60. The largest absolute Gasteiger partial charge is 0.507 e. The highest BCUT2D eigenvalue weighted by atomic mass is 16.3. The molecule has 1 aliphatic heterocycles. The van der Waals surface area contributed by atoms with Gasteiger partial charge in [0, 0.05) is 31.7 Å². The fourth-order valence-electron chi connectivity index (χ4n) is 7.49. The van der Waals surface area contributed by atoms with Gasteiger partial charge in [0.15, 0.2) is 23.0 Å². The van der Waals surface area contributed by atoms with E-state index in [1.807, 2.05) is 19.0 Å². The lowest BCUT2D eigenvalue weighted by molar-refractivity contribution is -0.157. The van der Waals surface area contributed by atoms with Crippen LogP contribution in [0.1, 0.15) is 46.8 Å². The van der Waals surface area contributed by atoms with Crippen LogP contribution < -0.4 is 16.0 Å². The van der Waals surface area contributed by atoms with Crippen molar-refractivity contribution in [3.63, 3.8) is 0 Å². The minimum atomic E-state index is -2.50. The summed E-state index contributed by atoms with van der Waals surface area (Å²) in [5.74, 6) is -8.12. The van der Waals surface area contributed by atoms with Gasteiger partial charge in [-0.2, -0.15) is 0 Å². The van der Waals surface area contributed by atoms with Crippen molar-refractivity contribution >= 4 is 34.7 Å². The summed E-state index contributed by atoms with van der Waals surface area (Å²) in [5, 5.41) is 34.9. The molecule has 0 bridgehead atoms. The molecule has 1 amide bonds. The molecule has 1 aromatic carbocycles. The van der Waals surface area contributed by atoms with Gasteiger partial charge in [-0.3, -0.25) is 24.1 Å². The molecule has 7 atom stereocenters. The van der Waals surface area contributed by atoms with Gasteiger partial charge in [0.25, 0.3) is 0 Å². The van der Waals surface area contributed by atoms with E-state index in [0.717, 1.165) is 30.6 Å². The van der Waals surface area contributed by atoms with E-state index in [4.69, 9.17) is 11.1 Å². The zero-order chi connectivity index (χ0) is 27.8. The van der Waals surface area contributed by atoms with Crippen LogP contribution in [-0.2, 0) is 20.8 Å². The smallest absolute Gasteiger partial charge is 0.233 e. The van der Waals surface area contributed by atoms with Crippen LogP contribution in [0.15, 0.2) is 6.07 Å². The van der Waals surface area contributed by atoms with Crippen molar-refractivity contribution in [1.29, 1.82) is 5.41 Å². The topological polar surface area (TPSA) is 177 Å². The fraction of sp³-hybridized carbons (Fsp3) is 0.593. The van der Waals surface area contributed by atoms with Gasteiger partial charge in [-0.05, 0) is 69.4 Å². The van der Waals surface area contributed by atoms with Crippen LogP contribution in [0.3, 0.4) is 0 Å². The number of amides is 1. The van der Waals surface area contributed by atoms with Gasteiger partial charge in [-0.1, -0.05) is 0 Å². The number of hydrogen-bond donors (Lipinski definition) is 5. The van der Waals surface area contributed by atoms with Crippen molar-refractivity contribution in [2.45, 2.75) is 43.4 Å². The Kier molecular flexibility index (Phi) is 6.24. The molecule has 11 nitrogen and oxygen atoms in total. The summed E-state index contributed by atoms with van der Waals surface area (Å²) in [6.45, 7) is 0.853. The minimum absolute atomic E-state index is 0.0230. The first-order valence-corrected chi connectivity index (χ1v) is 13.0. The molecule has 204 valence electrons. The number of aromatic hydroxyl groups is 1. The first-order valence-electron chi connectivity index (χ1n) is 13.0. The highest BCUT2D eigenvalue weighted by molar-refractivity contribution is 6.33. The third-order valence-corrected chi connectivity index (χ3v) is 9.01. The second kappa shape index (κ2) is 8.96. The summed E-state index contributed by atoms with van der Waals surface area (Å²) >= 11 is 0. The molecule has 3 aliphatic carbocycles. The first kappa shape index (κ1) is 26.5. The molecule has 1 saturated heterocycles. The van der Waals surface area contributed by atoms with Gasteiger partial charge in [0.05, 0.1) is 23.2 Å². The molecule has 0 spiro atoms. The van der Waals surface area contributed by atoms with Crippen LogP contribution in [0.25, 0.3) is 0 Å². The predicted octanol–water partition coefficient (Wildman–Crippen LogP) is -0.192. The molecular weight excluding hydrogens is 490 g/mol. The van der Waals surface area contributed by atoms with E-state index in [2.05, 4.69) is 5.32 Å². The maximum atomic E-state index is 14.0. The second-order valence-corrected chi connectivity index (χ2v) is 11.6. The Balaban J connectivity index is 1.66. The van der Waals surface area contributed by atoms with E-state index in [-0.39, 0.29) is 30.2 Å². The van der Waals surface area contributed by atoms with Crippen molar-refractivity contribution in [2.24, 2.45) is 29.4 Å². The number of phenols is 1. The number of fused-ring (bicyclic) bond motifs is 3. The van der Waals surface area contributed by atoms with Crippen molar-refractivity contribution in [3.8, 4) is 5.75 Å². The number of nitrogens with one attached hydrogen (secondary N) is 2. The Labute approximate surface area is 220 Å². The number of Topliss-reactive ketones (excluding diaryl/α,β-unsaturated/α-hetero) is 3. The lowest BCUT2D eigenvalue weighted by Gasteiger charge is -2.53. The van der Waals surface area contributed by atoms with E-state index in [1.165, 1.54) is 4.90 Å². The van der Waals surface area contributed by atoms with Crippen LogP contribution in [0.4, 0.5) is 5.69 Å². The molecule has 0 radical (unpaired) electrons. The van der Waals surface area contributed by atoms with Crippen molar-refractivity contribution in [2.75, 3.05) is 39.6 Å². The number of nitrogens with two attached hydrogens (primary N) is 1. The van der Waals surface area contributed by atoms with Gasteiger partial charge < -0.3 is 31.6 Å². The lowest BCUT2D eigenvalue weighted by Crippen LogP contribution is -2.73. The molecule has 38 heavy (non-hydrogen) atoms. The van der Waals surface area contributed by atoms with Crippen molar-refractivity contribution < 1.29 is 29.4 Å². The number of aliphatic hydroxyl groups is 1. The number of phenolic OH excluding ortho intramolecular Hbond substituents is 1. The van der Waals surface area contributed by atoms with E-state index in [1.54, 1.807) is 20.2 Å². The molecule has 7 unspecified atom stereocenters. The Morgan fingerprint density at radius 1 is 1.21 bits per heavy atom. The van der Waals surface area contributed by atoms with E-state index in [0.29, 0.717) is 5.56 Å². The number of rotatable bonds is 4. The highest BCUT2D eigenvalue weighted by Gasteiger charge is 2.67. The predicted molar refractivity (Wildman–Crippen MR) is 138 cm³/mol. The number of likely N-dealkylation sites (N-methyl/N-ethyl adjacent to an activating group) is 1. The quantitative estimate of drug-likeness (QED) is 0.333. The Morgan fingerprint density at radius 3 is 2.45 bits per heavy atom. The van der Waals surface area contributed by atoms with Gasteiger partial charge in [0.1, 0.15) is 11.7 Å². The standard InChI is InChI=1S/C27H35N5O6/c1-31(2)20-12(15-6-5-7-30-15)10-16(33)18-13(20)8-11-9-14-21(32(3)4)23(35)19(26(29)37)24(28)27(14,38)25(36)17(11)22(18)34/h10-11,14-15,17,19,21,28,30,33,38H,5-9H2,1-4H3,(H2,29,37). The molecule has 4 aliphatic rings. The Morgan fingerprint density at radius 2 is 1.89 bits per heavy atom. The van der Waals surface area contributed by atoms with Gasteiger partial charge >= 0.3 is 0 Å². The molecular formula is C27H35N5O6. The van der Waals surface area contributed by atoms with Crippen molar-refractivity contribution in [1.82, 2.24) is 10.2 Å².